The lowest BCUT2D eigenvalue weighted by Crippen LogP contribution is -2.13. The molecule has 2 heterocycles. The molecular formula is C44H46N2O. The summed E-state index contributed by atoms with van der Waals surface area (Å²) in [7, 11) is 0. The van der Waals surface area contributed by atoms with Crippen LogP contribution in [0.15, 0.2) is 83.5 Å². The highest BCUT2D eigenvalue weighted by molar-refractivity contribution is 6.18. The molecule has 7 aromatic rings. The van der Waals surface area contributed by atoms with E-state index in [0.29, 0.717) is 40.0 Å². The first kappa shape index (κ1) is 27.6. The molecule has 238 valence electrons. The van der Waals surface area contributed by atoms with Crippen LogP contribution in [0.2, 0.25) is 0 Å². The van der Waals surface area contributed by atoms with Gasteiger partial charge in [0.15, 0.2) is 0 Å². The number of hydrogen-bond acceptors (Lipinski definition) is 3. The maximum absolute atomic E-state index is 8.43. The van der Waals surface area contributed by atoms with E-state index in [2.05, 4.69) is 127 Å². The van der Waals surface area contributed by atoms with E-state index in [1.165, 1.54) is 27.8 Å². The largest absolute Gasteiger partial charge is 0.455 e. The van der Waals surface area contributed by atoms with Crippen molar-refractivity contribution in [3.8, 4) is 22.4 Å². The van der Waals surface area contributed by atoms with Crippen molar-refractivity contribution in [3.05, 3.63) is 107 Å². The van der Waals surface area contributed by atoms with E-state index in [1.807, 2.05) is 12.1 Å². The van der Waals surface area contributed by atoms with Crippen LogP contribution in [0, 0.1) is 6.85 Å². The summed E-state index contributed by atoms with van der Waals surface area (Å²) in [5.41, 5.74) is 10.3. The minimum atomic E-state index is -2.32. The molecule has 0 aliphatic heterocycles. The van der Waals surface area contributed by atoms with Gasteiger partial charge in [0.05, 0.1) is 5.69 Å². The van der Waals surface area contributed by atoms with E-state index < -0.39 is 6.85 Å². The molecule has 0 saturated heterocycles. The fourth-order valence-corrected chi connectivity index (χ4v) is 6.99. The number of fused-ring (bicyclic) bond motifs is 6. The minimum absolute atomic E-state index is 0.177. The van der Waals surface area contributed by atoms with Crippen LogP contribution in [-0.4, -0.2) is 9.97 Å². The lowest BCUT2D eigenvalue weighted by Gasteiger charge is -2.23. The zero-order chi connectivity index (χ0) is 35.9. The van der Waals surface area contributed by atoms with Gasteiger partial charge < -0.3 is 4.42 Å². The van der Waals surface area contributed by atoms with Gasteiger partial charge in [0.2, 0.25) is 0 Å². The summed E-state index contributed by atoms with van der Waals surface area (Å²) in [6.07, 6.45) is 1.58. The zero-order valence-electron chi connectivity index (χ0n) is 32.0. The van der Waals surface area contributed by atoms with Crippen LogP contribution in [-0.2, 0) is 5.41 Å². The lowest BCUT2D eigenvalue weighted by molar-refractivity contribution is 0.567. The summed E-state index contributed by atoms with van der Waals surface area (Å²) >= 11 is 0. The quantitative estimate of drug-likeness (QED) is 0.180. The standard InChI is InChI=1S/C44H46N2O/c1-24(2)31-19-33(25(3)4)42(34(20-31)26(5)6)30-15-13-28-12-14-29-17-37-39(21-36(29)35(28)18-30)47-43-32(16-11-27(7)41(37)43)38-22-40(44(8,9)10)46-23-45-38/h11-26H,1-10H3/i7D3. The van der Waals surface area contributed by atoms with Crippen LogP contribution in [0.4, 0.5) is 0 Å². The Morgan fingerprint density at radius 3 is 2.02 bits per heavy atom. The Kier molecular flexibility index (Phi) is 6.65. The molecule has 2 aromatic heterocycles. The Hall–Kier alpha value is -4.50. The molecule has 0 spiro atoms. The average molecular weight is 622 g/mol. The highest BCUT2D eigenvalue weighted by Crippen LogP contribution is 2.43. The number of nitrogens with zero attached hydrogens (tertiary/aromatic N) is 2. The van der Waals surface area contributed by atoms with Gasteiger partial charge in [-0.3, -0.25) is 0 Å². The summed E-state index contributed by atoms with van der Waals surface area (Å²) < 4.78 is 32.0. The normalized spacial score (nSPS) is 13.8. The van der Waals surface area contributed by atoms with E-state index >= 15 is 0 Å². The SMILES string of the molecule is [2H]C([2H])([2H])c1ccc(-c2cc(C(C)(C)C)ncn2)c2oc3cc4c(ccc5ccc(-c6c(C(C)C)cc(C(C)C)cc6C(C)C)cc54)cc3c12. The van der Waals surface area contributed by atoms with Crippen molar-refractivity contribution in [2.24, 2.45) is 0 Å². The fraction of sp³-hybridized carbons (Fsp3) is 0.318. The van der Waals surface area contributed by atoms with Gasteiger partial charge >= 0.3 is 0 Å². The second-order valence-electron chi connectivity index (χ2n) is 15.1. The van der Waals surface area contributed by atoms with Crippen molar-refractivity contribution in [2.75, 3.05) is 0 Å². The van der Waals surface area contributed by atoms with Gasteiger partial charge in [0.1, 0.15) is 17.5 Å². The first-order valence-electron chi connectivity index (χ1n) is 18.4. The van der Waals surface area contributed by atoms with E-state index in [0.717, 1.165) is 38.2 Å². The van der Waals surface area contributed by atoms with Gasteiger partial charge in [-0.05, 0) is 110 Å². The van der Waals surface area contributed by atoms with Gasteiger partial charge in [-0.25, -0.2) is 9.97 Å². The van der Waals surface area contributed by atoms with Crippen LogP contribution in [0.5, 0.6) is 0 Å². The molecule has 7 rings (SSSR count). The predicted molar refractivity (Wildman–Crippen MR) is 201 cm³/mol. The molecular weight excluding hydrogens is 572 g/mol. The molecule has 0 bridgehead atoms. The van der Waals surface area contributed by atoms with Gasteiger partial charge in [0.25, 0.3) is 0 Å². The Morgan fingerprint density at radius 1 is 0.681 bits per heavy atom. The van der Waals surface area contributed by atoms with Gasteiger partial charge in [-0.15, -0.1) is 0 Å². The van der Waals surface area contributed by atoms with Gasteiger partial charge in [-0.1, -0.05) is 105 Å². The first-order valence-corrected chi connectivity index (χ1v) is 16.9. The maximum Gasteiger partial charge on any atom is 0.145 e. The van der Waals surface area contributed by atoms with E-state index in [9.17, 15) is 0 Å². The second-order valence-corrected chi connectivity index (χ2v) is 15.1. The summed E-state index contributed by atoms with van der Waals surface area (Å²) in [6, 6.07) is 25.6. The first-order chi connectivity index (χ1) is 23.5. The van der Waals surface area contributed by atoms with Crippen LogP contribution in [0.3, 0.4) is 0 Å². The lowest BCUT2D eigenvalue weighted by atomic mass is 9.81. The number of aromatic nitrogens is 2. The van der Waals surface area contributed by atoms with Crippen molar-refractivity contribution in [3.63, 3.8) is 0 Å². The van der Waals surface area contributed by atoms with Crippen molar-refractivity contribution < 1.29 is 8.53 Å². The molecule has 0 aliphatic rings. The third-order valence-corrected chi connectivity index (χ3v) is 9.71. The van der Waals surface area contributed by atoms with E-state index in [4.69, 9.17) is 8.53 Å². The highest BCUT2D eigenvalue weighted by atomic mass is 16.3. The van der Waals surface area contributed by atoms with Gasteiger partial charge in [0, 0.05) is 31.6 Å². The third kappa shape index (κ3) is 5.30. The zero-order valence-corrected chi connectivity index (χ0v) is 29.0. The Labute approximate surface area is 283 Å². The van der Waals surface area contributed by atoms with Crippen molar-refractivity contribution in [1.82, 2.24) is 9.97 Å². The molecule has 3 heteroatoms. The smallest absolute Gasteiger partial charge is 0.145 e. The van der Waals surface area contributed by atoms with E-state index in [-0.39, 0.29) is 11.0 Å². The topological polar surface area (TPSA) is 38.9 Å². The number of furan rings is 1. The summed E-state index contributed by atoms with van der Waals surface area (Å²) in [5.74, 6) is 1.19. The fourth-order valence-electron chi connectivity index (χ4n) is 6.99. The Morgan fingerprint density at radius 2 is 1.36 bits per heavy atom. The molecule has 0 unspecified atom stereocenters. The number of benzene rings is 5. The van der Waals surface area contributed by atoms with Crippen molar-refractivity contribution in [2.45, 2.75) is 92.3 Å². The molecule has 0 N–H and O–H groups in total. The Bertz CT molecular complexity index is 2410. The van der Waals surface area contributed by atoms with Crippen LogP contribution in [0.1, 0.15) is 112 Å². The molecule has 47 heavy (non-hydrogen) atoms. The molecule has 0 aliphatic carbocycles. The van der Waals surface area contributed by atoms with Crippen molar-refractivity contribution >= 4 is 43.5 Å². The second kappa shape index (κ2) is 11.3. The molecule has 0 amide bonds. The van der Waals surface area contributed by atoms with E-state index in [1.54, 1.807) is 12.4 Å². The third-order valence-electron chi connectivity index (χ3n) is 9.71. The molecule has 0 atom stereocenters. The highest BCUT2D eigenvalue weighted by Gasteiger charge is 2.22. The molecule has 5 aromatic carbocycles. The molecule has 0 radical (unpaired) electrons. The van der Waals surface area contributed by atoms with Gasteiger partial charge in [-0.2, -0.15) is 0 Å². The predicted octanol–water partition coefficient (Wildman–Crippen LogP) is 13.0. The van der Waals surface area contributed by atoms with Crippen LogP contribution >= 0.6 is 0 Å². The monoisotopic (exact) mass is 621 g/mol. The van der Waals surface area contributed by atoms with Crippen LogP contribution < -0.4 is 0 Å². The average Bonchev–Trinajstić information content (AvgIpc) is 3.43. The van der Waals surface area contributed by atoms with Crippen LogP contribution in [0.25, 0.3) is 65.9 Å². The molecule has 3 nitrogen and oxygen atoms in total. The summed E-state index contributed by atoms with van der Waals surface area (Å²) in [4.78, 5) is 9.13. The summed E-state index contributed by atoms with van der Waals surface area (Å²) in [6.45, 7) is 17.7. The number of hydrogen-bond donors (Lipinski definition) is 0. The number of aryl methyl sites for hydroxylation is 1. The molecule has 0 fully saturated rings. The van der Waals surface area contributed by atoms with Crippen molar-refractivity contribution in [1.29, 1.82) is 0 Å². The number of rotatable bonds is 5. The Balaban J connectivity index is 1.51. The maximum atomic E-state index is 8.43. The summed E-state index contributed by atoms with van der Waals surface area (Å²) in [5, 5.41) is 5.79. The molecule has 0 saturated carbocycles. The minimum Gasteiger partial charge on any atom is -0.455 e.